The van der Waals surface area contributed by atoms with Gasteiger partial charge in [0.25, 0.3) is 5.91 Å². The number of likely N-dealkylation sites (N-methyl/N-ethyl adjacent to an activating group) is 1. The molecule has 0 radical (unpaired) electrons. The van der Waals surface area contributed by atoms with E-state index in [1.165, 1.54) is 6.20 Å². The van der Waals surface area contributed by atoms with E-state index in [0.29, 0.717) is 38.4 Å². The Kier molecular flexibility index (Phi) is 9.46. The second-order valence-electron chi connectivity index (χ2n) is 9.31. The number of ether oxygens (including phenoxy) is 2. The molecule has 192 valence electrons. The maximum atomic E-state index is 13.4. The fourth-order valence-corrected chi connectivity index (χ4v) is 4.02. The summed E-state index contributed by atoms with van der Waals surface area (Å²) in [5, 5.41) is 19.2. The molecule has 0 aromatic carbocycles. The first kappa shape index (κ1) is 26.9. The fraction of sp³-hybridized carbons (Fsp3) is 0.640. The van der Waals surface area contributed by atoms with Gasteiger partial charge in [0.2, 0.25) is 11.8 Å². The van der Waals surface area contributed by atoms with Crippen molar-refractivity contribution in [3.63, 3.8) is 0 Å². The highest BCUT2D eigenvalue weighted by molar-refractivity contribution is 5.97. The summed E-state index contributed by atoms with van der Waals surface area (Å²) < 4.78 is 11.6. The highest BCUT2D eigenvalue weighted by atomic mass is 16.5. The average molecular weight is 489 g/mol. The predicted octanol–water partition coefficient (Wildman–Crippen LogP) is -0.175. The Labute approximate surface area is 206 Å². The number of morpholine rings is 1. The minimum absolute atomic E-state index is 0.0154. The number of aliphatic hydroxyl groups excluding tert-OH is 2. The van der Waals surface area contributed by atoms with Crippen LogP contribution in [0.1, 0.15) is 36.7 Å². The molecule has 3 rings (SSSR count). The normalized spacial score (nSPS) is 22.6. The standard InChI is InChI=1S/C25H36N4O6/c1-17-13-29(18(2)16-30)25(33)21-11-20(6-5-19(3)31)12-26-24(21)35-22(17)14-27(4)23(32)15-28-7-9-34-10-8-28/h11-12,17-19,22,30-31H,7-10,13-16H2,1-4H3/t17-,18-,19-,22-/m0/s1. The molecule has 4 atom stereocenters. The number of pyridine rings is 1. The lowest BCUT2D eigenvalue weighted by Gasteiger charge is -2.38. The zero-order chi connectivity index (χ0) is 25.5. The first-order valence-corrected chi connectivity index (χ1v) is 12.0. The Balaban J connectivity index is 1.85. The number of carbonyl (C=O) groups is 2. The number of aromatic nitrogens is 1. The summed E-state index contributed by atoms with van der Waals surface area (Å²) in [7, 11) is 1.75. The third kappa shape index (κ3) is 7.15. The zero-order valence-electron chi connectivity index (χ0n) is 20.9. The van der Waals surface area contributed by atoms with Crippen molar-refractivity contribution in [1.82, 2.24) is 19.7 Å². The van der Waals surface area contributed by atoms with Crippen molar-refractivity contribution in [3.8, 4) is 17.7 Å². The van der Waals surface area contributed by atoms with Gasteiger partial charge in [-0.3, -0.25) is 14.5 Å². The van der Waals surface area contributed by atoms with Crippen LogP contribution in [0.4, 0.5) is 0 Å². The Morgan fingerprint density at radius 1 is 1.34 bits per heavy atom. The highest BCUT2D eigenvalue weighted by Gasteiger charge is 2.34. The summed E-state index contributed by atoms with van der Waals surface area (Å²) in [6.07, 6.45) is 0.263. The molecule has 3 heterocycles. The van der Waals surface area contributed by atoms with Crippen LogP contribution < -0.4 is 4.74 Å². The lowest BCUT2D eigenvalue weighted by Crippen LogP contribution is -2.51. The first-order valence-electron chi connectivity index (χ1n) is 12.0. The lowest BCUT2D eigenvalue weighted by atomic mass is 10.00. The number of aliphatic hydroxyl groups is 2. The smallest absolute Gasteiger partial charge is 0.259 e. The van der Waals surface area contributed by atoms with Crippen LogP contribution in [0, 0.1) is 17.8 Å². The summed E-state index contributed by atoms with van der Waals surface area (Å²) in [6, 6.07) is 1.18. The van der Waals surface area contributed by atoms with Gasteiger partial charge in [0.15, 0.2) is 0 Å². The summed E-state index contributed by atoms with van der Waals surface area (Å²) in [4.78, 5) is 36.0. The molecule has 0 aliphatic carbocycles. The van der Waals surface area contributed by atoms with E-state index in [1.54, 1.807) is 36.8 Å². The van der Waals surface area contributed by atoms with Crippen LogP contribution in [0.25, 0.3) is 0 Å². The van der Waals surface area contributed by atoms with Crippen LogP contribution in [-0.2, 0) is 9.53 Å². The molecule has 0 spiro atoms. The largest absolute Gasteiger partial charge is 0.472 e. The van der Waals surface area contributed by atoms with Crippen molar-refractivity contribution in [1.29, 1.82) is 0 Å². The number of hydrogen-bond donors (Lipinski definition) is 2. The van der Waals surface area contributed by atoms with Crippen LogP contribution in [0.5, 0.6) is 5.88 Å². The lowest BCUT2D eigenvalue weighted by molar-refractivity contribution is -0.133. The zero-order valence-corrected chi connectivity index (χ0v) is 20.9. The minimum Gasteiger partial charge on any atom is -0.472 e. The van der Waals surface area contributed by atoms with Gasteiger partial charge in [-0.1, -0.05) is 18.8 Å². The van der Waals surface area contributed by atoms with Crippen LogP contribution in [-0.4, -0.2) is 120 Å². The third-order valence-electron chi connectivity index (χ3n) is 6.29. The molecule has 0 bridgehead atoms. The topological polar surface area (TPSA) is 116 Å². The van der Waals surface area contributed by atoms with E-state index in [2.05, 4.69) is 21.7 Å². The van der Waals surface area contributed by atoms with Crippen molar-refractivity contribution < 1.29 is 29.3 Å². The number of nitrogens with zero attached hydrogens (tertiary/aromatic N) is 4. The molecule has 0 unspecified atom stereocenters. The van der Waals surface area contributed by atoms with Crippen molar-refractivity contribution in [2.75, 3.05) is 59.6 Å². The molecule has 2 amide bonds. The predicted molar refractivity (Wildman–Crippen MR) is 129 cm³/mol. The highest BCUT2D eigenvalue weighted by Crippen LogP contribution is 2.27. The molecule has 0 saturated carbocycles. The summed E-state index contributed by atoms with van der Waals surface area (Å²) >= 11 is 0. The van der Waals surface area contributed by atoms with Gasteiger partial charge in [-0.25, -0.2) is 4.98 Å². The third-order valence-corrected chi connectivity index (χ3v) is 6.29. The van der Waals surface area contributed by atoms with E-state index in [-0.39, 0.29) is 35.8 Å². The van der Waals surface area contributed by atoms with E-state index in [0.717, 1.165) is 13.1 Å². The number of rotatable bonds is 6. The molecule has 1 fully saturated rings. The number of fused-ring (bicyclic) bond motifs is 1. The fourth-order valence-electron chi connectivity index (χ4n) is 4.02. The number of amides is 2. The van der Waals surface area contributed by atoms with Crippen molar-refractivity contribution in [2.24, 2.45) is 5.92 Å². The maximum absolute atomic E-state index is 13.4. The van der Waals surface area contributed by atoms with E-state index >= 15 is 0 Å². The average Bonchev–Trinajstić information content (AvgIpc) is 2.84. The van der Waals surface area contributed by atoms with Crippen LogP contribution in [0.3, 0.4) is 0 Å². The molecular weight excluding hydrogens is 452 g/mol. The first-order chi connectivity index (χ1) is 16.7. The Bertz CT molecular complexity index is 953. The van der Waals surface area contributed by atoms with E-state index < -0.39 is 18.2 Å². The molecule has 2 aliphatic heterocycles. The second-order valence-corrected chi connectivity index (χ2v) is 9.31. The quantitative estimate of drug-likeness (QED) is 0.530. The Morgan fingerprint density at radius 2 is 2.06 bits per heavy atom. The Morgan fingerprint density at radius 3 is 2.71 bits per heavy atom. The molecular formula is C25H36N4O6. The van der Waals surface area contributed by atoms with E-state index in [1.807, 2.05) is 6.92 Å². The molecule has 10 nitrogen and oxygen atoms in total. The van der Waals surface area contributed by atoms with Gasteiger partial charge in [0, 0.05) is 44.4 Å². The summed E-state index contributed by atoms with van der Waals surface area (Å²) in [5.74, 6) is 5.17. The van der Waals surface area contributed by atoms with Gasteiger partial charge < -0.3 is 29.5 Å². The van der Waals surface area contributed by atoms with Gasteiger partial charge in [-0.15, -0.1) is 0 Å². The van der Waals surface area contributed by atoms with Gasteiger partial charge in [-0.05, 0) is 19.9 Å². The van der Waals surface area contributed by atoms with Gasteiger partial charge >= 0.3 is 0 Å². The van der Waals surface area contributed by atoms with Crippen molar-refractivity contribution >= 4 is 11.8 Å². The van der Waals surface area contributed by atoms with E-state index in [9.17, 15) is 19.8 Å². The maximum Gasteiger partial charge on any atom is 0.259 e. The van der Waals surface area contributed by atoms with Crippen LogP contribution in [0.15, 0.2) is 12.3 Å². The van der Waals surface area contributed by atoms with Gasteiger partial charge in [0.1, 0.15) is 17.8 Å². The van der Waals surface area contributed by atoms with Gasteiger partial charge in [-0.2, -0.15) is 0 Å². The number of hydrogen-bond acceptors (Lipinski definition) is 8. The molecule has 35 heavy (non-hydrogen) atoms. The minimum atomic E-state index is -0.814. The second kappa shape index (κ2) is 12.3. The molecule has 10 heteroatoms. The summed E-state index contributed by atoms with van der Waals surface area (Å²) in [6.45, 7) is 8.79. The Hall–Kier alpha value is -2.71. The molecule has 1 saturated heterocycles. The molecule has 2 N–H and O–H groups in total. The van der Waals surface area contributed by atoms with Crippen LogP contribution in [0.2, 0.25) is 0 Å². The SMILES string of the molecule is C[C@H](O)C#Cc1cnc2c(c1)C(=O)N([C@@H](C)CO)C[C@H](C)[C@H](CN(C)C(=O)CN1CCOCC1)O2. The van der Waals surface area contributed by atoms with Crippen molar-refractivity contribution in [3.05, 3.63) is 23.4 Å². The monoisotopic (exact) mass is 488 g/mol. The molecule has 1 aromatic heterocycles. The molecule has 1 aromatic rings. The van der Waals surface area contributed by atoms with Crippen molar-refractivity contribution in [2.45, 2.75) is 39.0 Å². The summed E-state index contributed by atoms with van der Waals surface area (Å²) in [5.41, 5.74) is 0.711. The van der Waals surface area contributed by atoms with Gasteiger partial charge in [0.05, 0.1) is 39.0 Å². The number of carbonyl (C=O) groups excluding carboxylic acids is 2. The molecule has 2 aliphatic rings. The van der Waals surface area contributed by atoms with E-state index in [4.69, 9.17) is 9.47 Å². The van der Waals surface area contributed by atoms with Crippen LogP contribution >= 0.6 is 0 Å².